The van der Waals surface area contributed by atoms with Crippen LogP contribution in [0.2, 0.25) is 0 Å². The quantitative estimate of drug-likeness (QED) is 0.0214. The fourth-order valence-electron chi connectivity index (χ4n) is 6.84. The van der Waals surface area contributed by atoms with Gasteiger partial charge in [0.2, 0.25) is 7.37 Å². The molecule has 0 aliphatic carbocycles. The standard InChI is InChI=1S/C15H17O3P.C14H21O4P.C12H24NO5P.C8H11O3P.C7H15O4P.C5H11NO2/c1-19(16,17-12-14-8-4-2-5-9-14)18-13-15-10-6-3-7-11-15;1-4-17-14(15)12(2)11-19(3,16)18-10-13-8-6-5-7-9-13;1-6-17-11(14)9(3)8-19(5,16)13-10(4)12(15)18-7-2;1-12(9,10)11-7-8-5-3-2-4-6-8;1-4-11-7(8)6(2)5-12(3,9)10;1-3-8-5(7)4(2)6/h2-11H,12-13H2,1H3;5-9,12H,4,10-11H2,1-3H3;9-10H,6-8H2,1-5H3,(H,13,16);2-6H,7H2,1H3,(H,9,10);6H,4-5H2,1-3H3,(H,9,10);4H,3,6H2,1-2H3. The highest BCUT2D eigenvalue weighted by molar-refractivity contribution is 7.61. The average Bonchev–Trinajstić information content (AvgIpc) is 3.47. The zero-order valence-electron chi connectivity index (χ0n) is 54.4. The minimum atomic E-state index is -3.33. The first-order valence-corrected chi connectivity index (χ1v) is 39.8. The lowest BCUT2D eigenvalue weighted by atomic mass is 10.2. The van der Waals surface area contributed by atoms with E-state index in [0.717, 1.165) is 22.3 Å². The molecule has 0 saturated heterocycles. The second kappa shape index (κ2) is 47.0. The highest BCUT2D eigenvalue weighted by atomic mass is 31.2. The van der Waals surface area contributed by atoms with E-state index in [0.29, 0.717) is 46.2 Å². The zero-order valence-corrected chi connectivity index (χ0v) is 58.9. The number of ether oxygens (including phenoxy) is 5. The predicted molar refractivity (Wildman–Crippen MR) is 349 cm³/mol. The van der Waals surface area contributed by atoms with Gasteiger partial charge in [0.1, 0.15) is 19.4 Å². The number of hydrogen-bond acceptors (Lipinski definition) is 20. The lowest BCUT2D eigenvalue weighted by molar-refractivity contribution is -0.147. The first-order valence-electron chi connectivity index (χ1n) is 28.9. The SMILES string of the molecule is CCOC(=O)C(C)CP(C)(=O)NC(C)C(=O)OCC.CCOC(=O)C(C)CP(C)(=O)O.CCOC(=O)C(C)CP(C)(=O)OCc1ccccc1.CCOC(=O)C(C)N.CP(=O)(O)OCc1ccccc1.CP(=O)(OCc1ccccc1)OCc1ccccc1. The van der Waals surface area contributed by atoms with Crippen molar-refractivity contribution in [3.8, 4) is 0 Å². The lowest BCUT2D eigenvalue weighted by Gasteiger charge is -2.21. The molecule has 9 atom stereocenters. The Morgan fingerprint density at radius 1 is 0.416 bits per heavy atom. The molecule has 504 valence electrons. The van der Waals surface area contributed by atoms with Gasteiger partial charge >= 0.3 is 45.0 Å². The summed E-state index contributed by atoms with van der Waals surface area (Å²) in [6.07, 6.45) is 0.347. The Morgan fingerprint density at radius 2 is 0.697 bits per heavy atom. The third-order valence-corrected chi connectivity index (χ3v) is 18.0. The molecule has 0 aromatic heterocycles. The Balaban J connectivity index is 0. The maximum Gasteiger partial charge on any atom is 0.328 e. The van der Waals surface area contributed by atoms with E-state index < -0.39 is 79.0 Å². The number of hydrogen-bond donors (Lipinski definition) is 4. The van der Waals surface area contributed by atoms with Crippen LogP contribution in [0, 0.1) is 17.8 Å². The predicted octanol–water partition coefficient (Wildman–Crippen LogP) is 12.2. The third-order valence-electron chi connectivity index (χ3n) is 11.0. The summed E-state index contributed by atoms with van der Waals surface area (Å²) >= 11 is 0. The van der Waals surface area contributed by atoms with E-state index in [2.05, 4.69) is 14.6 Å². The Labute approximate surface area is 527 Å². The molecular weight excluding hydrogens is 1250 g/mol. The molecule has 23 nitrogen and oxygen atoms in total. The normalized spacial score (nSPS) is 15.1. The van der Waals surface area contributed by atoms with Crippen LogP contribution in [0.25, 0.3) is 0 Å². The highest BCUT2D eigenvalue weighted by Gasteiger charge is 2.29. The highest BCUT2D eigenvalue weighted by Crippen LogP contribution is 2.46. The van der Waals surface area contributed by atoms with Gasteiger partial charge in [0.25, 0.3) is 0 Å². The summed E-state index contributed by atoms with van der Waals surface area (Å²) in [5.74, 6) is -3.28. The molecule has 4 aromatic carbocycles. The van der Waals surface area contributed by atoms with Crippen LogP contribution in [-0.2, 0) is 115 Å². The molecule has 28 heteroatoms. The number of nitrogens with one attached hydrogen (secondary N) is 1. The molecule has 0 spiro atoms. The molecule has 0 radical (unpaired) electrons. The van der Waals surface area contributed by atoms with E-state index in [-0.39, 0.29) is 49.6 Å². The topological polar surface area (TPSA) is 332 Å². The maximum atomic E-state index is 12.3. The van der Waals surface area contributed by atoms with Gasteiger partial charge in [-0.1, -0.05) is 142 Å². The summed E-state index contributed by atoms with van der Waals surface area (Å²) < 4.78 is 103. The number of carbonyl (C=O) groups excluding carboxylic acids is 5. The Kier molecular flexibility index (Phi) is 45.5. The van der Waals surface area contributed by atoms with Gasteiger partial charge < -0.3 is 61.9 Å². The summed E-state index contributed by atoms with van der Waals surface area (Å²) in [6.45, 7) is 26.4. The number of rotatable bonds is 30. The van der Waals surface area contributed by atoms with Crippen molar-refractivity contribution in [2.24, 2.45) is 23.5 Å². The van der Waals surface area contributed by atoms with E-state index in [1.54, 1.807) is 75.9 Å². The molecule has 4 aromatic rings. The van der Waals surface area contributed by atoms with Crippen molar-refractivity contribution in [1.29, 1.82) is 0 Å². The van der Waals surface area contributed by atoms with Crippen molar-refractivity contribution >= 4 is 67.1 Å². The van der Waals surface area contributed by atoms with Gasteiger partial charge in [0, 0.05) is 51.8 Å². The summed E-state index contributed by atoms with van der Waals surface area (Å²) in [4.78, 5) is 73.5. The fraction of sp³-hybridized carbons (Fsp3) is 0.525. The summed E-state index contributed by atoms with van der Waals surface area (Å²) in [6, 6.07) is 36.9. The van der Waals surface area contributed by atoms with Crippen LogP contribution in [-0.4, -0.2) is 137 Å². The van der Waals surface area contributed by atoms with Crippen LogP contribution in [0.4, 0.5) is 0 Å². The van der Waals surface area contributed by atoms with Crippen molar-refractivity contribution in [2.45, 2.75) is 108 Å². The number of benzene rings is 4. The summed E-state index contributed by atoms with van der Waals surface area (Å²) in [7, 11) is -15.1. The van der Waals surface area contributed by atoms with E-state index in [1.165, 1.54) is 26.7 Å². The molecule has 5 N–H and O–H groups in total. The van der Waals surface area contributed by atoms with Gasteiger partial charge in [-0.2, -0.15) is 0 Å². The van der Waals surface area contributed by atoms with Crippen LogP contribution < -0.4 is 10.8 Å². The first-order chi connectivity index (χ1) is 41.5. The molecular formula is C61H99N2O21P5. The van der Waals surface area contributed by atoms with Gasteiger partial charge in [-0.05, 0) is 70.7 Å². The Morgan fingerprint density at radius 3 is 0.989 bits per heavy atom. The molecule has 0 aliphatic heterocycles. The Bertz CT molecular complexity index is 2770. The maximum absolute atomic E-state index is 12.3. The third kappa shape index (κ3) is 48.5. The molecule has 0 saturated carbocycles. The largest absolute Gasteiger partial charge is 0.466 e. The van der Waals surface area contributed by atoms with Crippen molar-refractivity contribution in [2.75, 3.05) is 84.8 Å². The Hall–Kier alpha value is -4.94. The lowest BCUT2D eigenvalue weighted by Crippen LogP contribution is -2.35. The van der Waals surface area contributed by atoms with Crippen LogP contribution in [0.5, 0.6) is 0 Å². The van der Waals surface area contributed by atoms with Gasteiger partial charge in [0.15, 0.2) is 7.37 Å². The average molecular weight is 1350 g/mol. The molecule has 0 heterocycles. The molecule has 89 heavy (non-hydrogen) atoms. The number of carbonyl (C=O) groups is 5. The van der Waals surface area contributed by atoms with Crippen LogP contribution >= 0.6 is 37.2 Å². The fourth-order valence-corrected chi connectivity index (χ4v) is 13.1. The minimum Gasteiger partial charge on any atom is -0.466 e. The minimum absolute atomic E-state index is 0.00810. The van der Waals surface area contributed by atoms with Gasteiger partial charge in [0.05, 0.1) is 77.2 Å². The molecule has 0 aliphatic rings. The monoisotopic (exact) mass is 1350 g/mol. The van der Waals surface area contributed by atoms with Gasteiger partial charge in [-0.25, -0.2) is 0 Å². The van der Waals surface area contributed by atoms with Crippen molar-refractivity contribution < 1.29 is 98.4 Å². The second-order valence-corrected chi connectivity index (χ2v) is 32.3. The van der Waals surface area contributed by atoms with E-state index in [1.807, 2.05) is 121 Å². The van der Waals surface area contributed by atoms with Crippen LogP contribution in [0.3, 0.4) is 0 Å². The smallest absolute Gasteiger partial charge is 0.328 e. The summed E-state index contributed by atoms with van der Waals surface area (Å²) in [5, 5.41) is 2.74. The van der Waals surface area contributed by atoms with E-state index >= 15 is 0 Å². The van der Waals surface area contributed by atoms with Crippen molar-refractivity contribution in [3.05, 3.63) is 144 Å². The van der Waals surface area contributed by atoms with E-state index in [4.69, 9.17) is 47.8 Å². The number of esters is 5. The van der Waals surface area contributed by atoms with Crippen molar-refractivity contribution in [1.82, 2.24) is 5.09 Å². The molecule has 0 bridgehead atoms. The molecule has 0 fully saturated rings. The van der Waals surface area contributed by atoms with Gasteiger partial charge in [-0.3, -0.25) is 47.3 Å². The van der Waals surface area contributed by atoms with Crippen molar-refractivity contribution in [3.63, 3.8) is 0 Å². The summed E-state index contributed by atoms with van der Waals surface area (Å²) in [5.41, 5.74) is 8.97. The van der Waals surface area contributed by atoms with Crippen LogP contribution in [0.15, 0.2) is 121 Å². The molecule has 9 unspecified atom stereocenters. The molecule has 0 amide bonds. The second-order valence-electron chi connectivity index (χ2n) is 20.4. The van der Waals surface area contributed by atoms with E-state index in [9.17, 15) is 46.8 Å². The zero-order chi connectivity index (χ0) is 68.3. The first kappa shape index (κ1) is 86.1. The molecule has 4 rings (SSSR count). The van der Waals surface area contributed by atoms with Crippen LogP contribution in [0.1, 0.15) is 91.5 Å². The van der Waals surface area contributed by atoms with Gasteiger partial charge in [-0.15, -0.1) is 0 Å². The number of nitrogens with two attached hydrogens (primary N) is 1.